The van der Waals surface area contributed by atoms with E-state index in [2.05, 4.69) is 10.6 Å². The van der Waals surface area contributed by atoms with Crippen LogP contribution in [0.25, 0.3) is 0 Å². The summed E-state index contributed by atoms with van der Waals surface area (Å²) in [6.07, 6.45) is 28.9. The fourth-order valence-corrected chi connectivity index (χ4v) is 4.89. The minimum absolute atomic E-state index is 0.849. The Morgan fingerprint density at radius 3 is 1.04 bits per heavy atom. The minimum atomic E-state index is 0.849. The van der Waals surface area contributed by atoms with Gasteiger partial charge in [-0.15, -0.1) is 0 Å². The van der Waals surface area contributed by atoms with E-state index in [-0.39, 0.29) is 0 Å². The predicted octanol–water partition coefficient (Wildman–Crippen LogP) is 6.73. The van der Waals surface area contributed by atoms with Crippen molar-refractivity contribution in [2.75, 3.05) is 13.1 Å². The first kappa shape index (κ1) is 22.2. The van der Waals surface area contributed by atoms with Gasteiger partial charge in [0.25, 0.3) is 0 Å². The largest absolute Gasteiger partial charge is 0.314 e. The molecule has 0 aromatic rings. The van der Waals surface area contributed by atoms with Gasteiger partial charge in [0, 0.05) is 12.1 Å². The summed E-state index contributed by atoms with van der Waals surface area (Å²) >= 11 is 0. The van der Waals surface area contributed by atoms with Gasteiger partial charge in [-0.2, -0.15) is 0 Å². The zero-order valence-corrected chi connectivity index (χ0v) is 17.7. The highest BCUT2D eigenvalue weighted by atomic mass is 14.9. The van der Waals surface area contributed by atoms with Crippen molar-refractivity contribution in [3.8, 4) is 0 Å². The molecular formula is C24H48N2. The number of rotatable bonds is 15. The van der Waals surface area contributed by atoms with Crippen LogP contribution in [0.3, 0.4) is 0 Å². The molecule has 2 N–H and O–H groups in total. The highest BCUT2D eigenvalue weighted by Crippen LogP contribution is 2.18. The monoisotopic (exact) mass is 364 g/mol. The Balaban J connectivity index is 1.22. The highest BCUT2D eigenvalue weighted by molar-refractivity contribution is 4.72. The van der Waals surface area contributed by atoms with Crippen LogP contribution in [0.1, 0.15) is 128 Å². The molecule has 0 aromatic carbocycles. The third-order valence-electron chi connectivity index (χ3n) is 6.68. The molecule has 0 spiro atoms. The fourth-order valence-electron chi connectivity index (χ4n) is 4.89. The summed E-state index contributed by atoms with van der Waals surface area (Å²) in [5.41, 5.74) is 0. The molecule has 154 valence electrons. The second-order valence-corrected chi connectivity index (χ2v) is 9.11. The summed E-state index contributed by atoms with van der Waals surface area (Å²) in [5.74, 6) is 0. The Labute approximate surface area is 164 Å². The van der Waals surface area contributed by atoms with Gasteiger partial charge in [-0.05, 0) is 51.6 Å². The number of hydrogen-bond donors (Lipinski definition) is 2. The molecule has 0 unspecified atom stereocenters. The van der Waals surface area contributed by atoms with Gasteiger partial charge in [0.1, 0.15) is 0 Å². The number of unbranched alkanes of at least 4 members (excludes halogenated alkanes) is 9. The van der Waals surface area contributed by atoms with E-state index in [1.807, 2.05) is 0 Å². The Morgan fingerprint density at radius 2 is 0.692 bits per heavy atom. The van der Waals surface area contributed by atoms with Crippen LogP contribution in [-0.4, -0.2) is 25.2 Å². The third-order valence-corrected chi connectivity index (χ3v) is 6.68. The normalized spacial score (nSPS) is 19.8. The van der Waals surface area contributed by atoms with Gasteiger partial charge in [-0.3, -0.25) is 0 Å². The molecule has 0 heterocycles. The second-order valence-electron chi connectivity index (χ2n) is 9.11. The summed E-state index contributed by atoms with van der Waals surface area (Å²) in [6.45, 7) is 2.53. The number of hydrogen-bond acceptors (Lipinski definition) is 2. The van der Waals surface area contributed by atoms with E-state index in [1.165, 1.54) is 142 Å². The molecule has 0 amide bonds. The van der Waals surface area contributed by atoms with Gasteiger partial charge in [-0.1, -0.05) is 89.9 Å². The van der Waals surface area contributed by atoms with Crippen molar-refractivity contribution in [3.05, 3.63) is 0 Å². The van der Waals surface area contributed by atoms with E-state index in [0.29, 0.717) is 0 Å². The van der Waals surface area contributed by atoms with E-state index < -0.39 is 0 Å². The van der Waals surface area contributed by atoms with Gasteiger partial charge in [-0.25, -0.2) is 0 Å². The van der Waals surface area contributed by atoms with Crippen LogP contribution in [0.5, 0.6) is 0 Å². The zero-order valence-electron chi connectivity index (χ0n) is 17.7. The Morgan fingerprint density at radius 1 is 0.385 bits per heavy atom. The molecule has 0 aromatic heterocycles. The Hall–Kier alpha value is -0.0800. The van der Waals surface area contributed by atoms with Crippen molar-refractivity contribution in [2.45, 2.75) is 141 Å². The lowest BCUT2D eigenvalue weighted by atomic mass is 9.95. The van der Waals surface area contributed by atoms with E-state index in [4.69, 9.17) is 0 Å². The molecule has 2 nitrogen and oxygen atoms in total. The topological polar surface area (TPSA) is 24.1 Å². The van der Waals surface area contributed by atoms with E-state index in [0.717, 1.165) is 12.1 Å². The smallest absolute Gasteiger partial charge is 0.00670 e. The quantitative estimate of drug-likeness (QED) is 0.315. The van der Waals surface area contributed by atoms with Crippen molar-refractivity contribution < 1.29 is 0 Å². The average Bonchev–Trinajstić information content (AvgIpc) is 2.70. The molecule has 0 saturated heterocycles. The molecule has 2 saturated carbocycles. The summed E-state index contributed by atoms with van der Waals surface area (Å²) in [4.78, 5) is 0. The van der Waals surface area contributed by atoms with Crippen molar-refractivity contribution in [1.29, 1.82) is 0 Å². The summed E-state index contributed by atoms with van der Waals surface area (Å²) in [5, 5.41) is 7.55. The van der Waals surface area contributed by atoms with Crippen molar-refractivity contribution >= 4 is 0 Å². The second kappa shape index (κ2) is 15.9. The standard InChI is InChI=1S/C24H48N2/c1(3-5-7-15-21-25-23-17-11-9-12-18-23)2-4-6-8-16-22-26-24-19-13-10-14-20-24/h23-26H,1-22H2. The predicted molar refractivity (Wildman–Crippen MR) is 116 cm³/mol. The molecule has 0 aliphatic heterocycles. The van der Waals surface area contributed by atoms with E-state index >= 15 is 0 Å². The van der Waals surface area contributed by atoms with Gasteiger partial charge < -0.3 is 10.6 Å². The van der Waals surface area contributed by atoms with Crippen molar-refractivity contribution in [2.24, 2.45) is 0 Å². The van der Waals surface area contributed by atoms with Crippen molar-refractivity contribution in [3.63, 3.8) is 0 Å². The lowest BCUT2D eigenvalue weighted by molar-refractivity contribution is 0.369. The lowest BCUT2D eigenvalue weighted by Crippen LogP contribution is -2.31. The molecular weight excluding hydrogens is 316 g/mol. The van der Waals surface area contributed by atoms with E-state index in [1.54, 1.807) is 0 Å². The Kier molecular flexibility index (Phi) is 13.6. The maximum Gasteiger partial charge on any atom is 0.00670 e. The van der Waals surface area contributed by atoms with Gasteiger partial charge in [0.15, 0.2) is 0 Å². The van der Waals surface area contributed by atoms with Crippen LogP contribution in [-0.2, 0) is 0 Å². The molecule has 2 aliphatic rings. The molecule has 2 rings (SSSR count). The Bertz CT molecular complexity index is 263. The van der Waals surface area contributed by atoms with Crippen LogP contribution in [0.15, 0.2) is 0 Å². The first-order chi connectivity index (χ1) is 12.9. The molecule has 0 radical (unpaired) electrons. The molecule has 0 atom stereocenters. The van der Waals surface area contributed by atoms with Crippen LogP contribution < -0.4 is 10.6 Å². The summed E-state index contributed by atoms with van der Waals surface area (Å²) < 4.78 is 0. The van der Waals surface area contributed by atoms with E-state index in [9.17, 15) is 0 Å². The van der Waals surface area contributed by atoms with Crippen LogP contribution in [0, 0.1) is 0 Å². The molecule has 2 aliphatic carbocycles. The molecule has 0 bridgehead atoms. The average molecular weight is 365 g/mol. The zero-order chi connectivity index (χ0) is 18.1. The van der Waals surface area contributed by atoms with Gasteiger partial charge >= 0.3 is 0 Å². The first-order valence-corrected chi connectivity index (χ1v) is 12.4. The lowest BCUT2D eigenvalue weighted by Gasteiger charge is -2.22. The van der Waals surface area contributed by atoms with Crippen molar-refractivity contribution in [1.82, 2.24) is 10.6 Å². The summed E-state index contributed by atoms with van der Waals surface area (Å²) in [6, 6.07) is 1.70. The minimum Gasteiger partial charge on any atom is -0.314 e. The summed E-state index contributed by atoms with van der Waals surface area (Å²) in [7, 11) is 0. The van der Waals surface area contributed by atoms with Crippen LogP contribution in [0.4, 0.5) is 0 Å². The highest BCUT2D eigenvalue weighted by Gasteiger charge is 2.12. The van der Waals surface area contributed by atoms with Gasteiger partial charge in [0.2, 0.25) is 0 Å². The fraction of sp³-hybridized carbons (Fsp3) is 1.00. The third kappa shape index (κ3) is 11.6. The van der Waals surface area contributed by atoms with Crippen LogP contribution >= 0.6 is 0 Å². The molecule has 2 fully saturated rings. The van der Waals surface area contributed by atoms with Crippen LogP contribution in [0.2, 0.25) is 0 Å². The number of nitrogens with one attached hydrogen (secondary N) is 2. The SMILES string of the molecule is C(CCCCCCNC1CCCCC1)CCCCCNC1CCCCC1. The molecule has 2 heteroatoms. The first-order valence-electron chi connectivity index (χ1n) is 12.4. The maximum atomic E-state index is 3.77. The van der Waals surface area contributed by atoms with Gasteiger partial charge in [0.05, 0.1) is 0 Å². The molecule has 26 heavy (non-hydrogen) atoms. The maximum absolute atomic E-state index is 3.77.